The van der Waals surface area contributed by atoms with Gasteiger partial charge in [-0.25, -0.2) is 4.79 Å². The van der Waals surface area contributed by atoms with Crippen molar-refractivity contribution in [3.63, 3.8) is 0 Å². The van der Waals surface area contributed by atoms with Crippen molar-refractivity contribution >= 4 is 34.1 Å². The van der Waals surface area contributed by atoms with E-state index in [9.17, 15) is 4.79 Å². The minimum atomic E-state index is -0.0165. The van der Waals surface area contributed by atoms with E-state index in [0.717, 1.165) is 42.4 Å². The van der Waals surface area contributed by atoms with Crippen molar-refractivity contribution in [1.82, 2.24) is 4.90 Å². The highest BCUT2D eigenvalue weighted by Crippen LogP contribution is 2.29. The maximum absolute atomic E-state index is 12.3. The van der Waals surface area contributed by atoms with Gasteiger partial charge in [0, 0.05) is 28.9 Å². The van der Waals surface area contributed by atoms with E-state index in [1.54, 1.807) is 0 Å². The number of urea groups is 1. The van der Waals surface area contributed by atoms with Crippen molar-refractivity contribution in [2.75, 3.05) is 18.4 Å². The number of halogens is 1. The molecule has 0 bridgehead atoms. The minimum Gasteiger partial charge on any atom is -0.325 e. The molecule has 0 aliphatic carbocycles. The van der Waals surface area contributed by atoms with E-state index in [2.05, 4.69) is 5.32 Å². The third-order valence-corrected chi connectivity index (χ3v) is 4.09. The molecule has 1 saturated heterocycles. The second-order valence-corrected chi connectivity index (χ2v) is 5.53. The molecule has 4 heteroatoms. The summed E-state index contributed by atoms with van der Waals surface area (Å²) in [4.78, 5) is 14.2. The number of carbonyl (C=O) groups is 1. The number of likely N-dealkylation sites (tertiary alicyclic amines) is 1. The largest absolute Gasteiger partial charge is 0.325 e. The molecule has 1 heterocycles. The zero-order valence-corrected chi connectivity index (χ0v) is 12.0. The average molecular weight is 289 g/mol. The summed E-state index contributed by atoms with van der Waals surface area (Å²) in [5, 5.41) is 5.66. The Bertz CT molecular complexity index is 635. The highest BCUT2D eigenvalue weighted by molar-refractivity contribution is 6.36. The summed E-state index contributed by atoms with van der Waals surface area (Å²) < 4.78 is 0. The maximum atomic E-state index is 12.3. The van der Waals surface area contributed by atoms with Gasteiger partial charge < -0.3 is 10.2 Å². The van der Waals surface area contributed by atoms with Crippen molar-refractivity contribution in [3.8, 4) is 0 Å². The van der Waals surface area contributed by atoms with Gasteiger partial charge in [-0.1, -0.05) is 35.9 Å². The lowest BCUT2D eigenvalue weighted by atomic mass is 10.1. The van der Waals surface area contributed by atoms with Crippen molar-refractivity contribution in [3.05, 3.63) is 41.4 Å². The molecule has 1 aliphatic rings. The van der Waals surface area contributed by atoms with Crippen molar-refractivity contribution < 1.29 is 4.79 Å². The topological polar surface area (TPSA) is 32.3 Å². The SMILES string of the molecule is O=C(Nc1ccc(Cl)c2ccccc12)N1CCCCC1. The molecule has 0 aromatic heterocycles. The van der Waals surface area contributed by atoms with Gasteiger partial charge in [0.2, 0.25) is 0 Å². The molecule has 20 heavy (non-hydrogen) atoms. The predicted octanol–water partition coefficient (Wildman–Crippen LogP) is 4.51. The van der Waals surface area contributed by atoms with Gasteiger partial charge in [-0.2, -0.15) is 0 Å². The number of benzene rings is 2. The van der Waals surface area contributed by atoms with Crippen LogP contribution in [0.3, 0.4) is 0 Å². The van der Waals surface area contributed by atoms with Crippen LogP contribution in [0, 0.1) is 0 Å². The van der Waals surface area contributed by atoms with Crippen LogP contribution in [0.5, 0.6) is 0 Å². The molecule has 0 atom stereocenters. The predicted molar refractivity (Wildman–Crippen MR) is 83.4 cm³/mol. The Morgan fingerprint density at radius 3 is 2.45 bits per heavy atom. The van der Waals surface area contributed by atoms with Gasteiger partial charge in [-0.15, -0.1) is 0 Å². The first-order valence-corrected chi connectivity index (χ1v) is 7.37. The number of nitrogens with zero attached hydrogens (tertiary/aromatic N) is 1. The molecule has 104 valence electrons. The monoisotopic (exact) mass is 288 g/mol. The fourth-order valence-electron chi connectivity index (χ4n) is 2.66. The molecule has 2 aromatic rings. The van der Waals surface area contributed by atoms with Crippen molar-refractivity contribution in [2.24, 2.45) is 0 Å². The molecule has 3 nitrogen and oxygen atoms in total. The van der Waals surface area contributed by atoms with Gasteiger partial charge in [0.1, 0.15) is 0 Å². The van der Waals surface area contributed by atoms with E-state index in [4.69, 9.17) is 11.6 Å². The molecule has 0 spiro atoms. The first-order chi connectivity index (χ1) is 9.75. The second kappa shape index (κ2) is 5.71. The van der Waals surface area contributed by atoms with Crippen LogP contribution in [0.15, 0.2) is 36.4 Å². The number of amides is 2. The molecule has 2 aromatic carbocycles. The third-order valence-electron chi connectivity index (χ3n) is 3.76. The summed E-state index contributed by atoms with van der Waals surface area (Å²) in [6.45, 7) is 1.69. The van der Waals surface area contributed by atoms with Gasteiger partial charge >= 0.3 is 6.03 Å². The Morgan fingerprint density at radius 2 is 1.70 bits per heavy atom. The lowest BCUT2D eigenvalue weighted by Gasteiger charge is -2.27. The highest BCUT2D eigenvalue weighted by Gasteiger charge is 2.17. The van der Waals surface area contributed by atoms with Crippen LogP contribution in [0.2, 0.25) is 5.02 Å². The van der Waals surface area contributed by atoms with E-state index < -0.39 is 0 Å². The van der Waals surface area contributed by atoms with Gasteiger partial charge in [0.15, 0.2) is 0 Å². The Morgan fingerprint density at radius 1 is 1.00 bits per heavy atom. The first-order valence-electron chi connectivity index (χ1n) is 6.99. The summed E-state index contributed by atoms with van der Waals surface area (Å²) in [7, 11) is 0. The third kappa shape index (κ3) is 2.59. The minimum absolute atomic E-state index is 0.0165. The van der Waals surface area contributed by atoms with Crippen LogP contribution >= 0.6 is 11.6 Å². The van der Waals surface area contributed by atoms with Crippen LogP contribution < -0.4 is 5.32 Å². The fourth-order valence-corrected chi connectivity index (χ4v) is 2.89. The Kier molecular flexibility index (Phi) is 3.79. The Hall–Kier alpha value is -1.74. The Labute approximate surface area is 123 Å². The lowest BCUT2D eigenvalue weighted by molar-refractivity contribution is 0.200. The zero-order valence-electron chi connectivity index (χ0n) is 11.2. The van der Waals surface area contributed by atoms with Gasteiger partial charge in [-0.05, 0) is 31.4 Å². The average Bonchev–Trinajstić information content (AvgIpc) is 2.51. The van der Waals surface area contributed by atoms with E-state index in [-0.39, 0.29) is 6.03 Å². The molecule has 3 rings (SSSR count). The Balaban J connectivity index is 1.87. The number of nitrogens with one attached hydrogen (secondary N) is 1. The van der Waals surface area contributed by atoms with E-state index in [0.29, 0.717) is 5.02 Å². The number of piperidine rings is 1. The lowest BCUT2D eigenvalue weighted by Crippen LogP contribution is -2.38. The number of carbonyl (C=O) groups excluding carboxylic acids is 1. The van der Waals surface area contributed by atoms with E-state index in [1.807, 2.05) is 41.3 Å². The van der Waals surface area contributed by atoms with Gasteiger partial charge in [-0.3, -0.25) is 0 Å². The smallest absolute Gasteiger partial charge is 0.321 e. The van der Waals surface area contributed by atoms with Crippen molar-refractivity contribution in [1.29, 1.82) is 0 Å². The van der Waals surface area contributed by atoms with Gasteiger partial charge in [0.25, 0.3) is 0 Å². The fraction of sp³-hybridized carbons (Fsp3) is 0.312. The molecular formula is C16H17ClN2O. The molecule has 0 unspecified atom stereocenters. The number of hydrogen-bond donors (Lipinski definition) is 1. The standard InChI is InChI=1S/C16H17ClN2O/c17-14-8-9-15(13-7-3-2-6-12(13)14)18-16(20)19-10-4-1-5-11-19/h2-3,6-9H,1,4-5,10-11H2,(H,18,20). The molecule has 1 fully saturated rings. The summed E-state index contributed by atoms with van der Waals surface area (Å²) in [5.74, 6) is 0. The van der Waals surface area contributed by atoms with Crippen LogP contribution in [0.1, 0.15) is 19.3 Å². The number of fused-ring (bicyclic) bond motifs is 1. The highest BCUT2D eigenvalue weighted by atomic mass is 35.5. The summed E-state index contributed by atoms with van der Waals surface area (Å²) in [6.07, 6.45) is 3.40. The number of rotatable bonds is 1. The second-order valence-electron chi connectivity index (χ2n) is 5.12. The normalized spacial score (nSPS) is 15.3. The first kappa shape index (κ1) is 13.3. The van der Waals surface area contributed by atoms with Crippen LogP contribution in [-0.4, -0.2) is 24.0 Å². The number of hydrogen-bond acceptors (Lipinski definition) is 1. The molecule has 0 radical (unpaired) electrons. The zero-order chi connectivity index (χ0) is 13.9. The van der Waals surface area contributed by atoms with Crippen LogP contribution in [-0.2, 0) is 0 Å². The summed E-state index contributed by atoms with van der Waals surface area (Å²) in [5.41, 5.74) is 0.820. The molecule has 1 N–H and O–H groups in total. The maximum Gasteiger partial charge on any atom is 0.321 e. The van der Waals surface area contributed by atoms with E-state index >= 15 is 0 Å². The van der Waals surface area contributed by atoms with Crippen LogP contribution in [0.25, 0.3) is 10.8 Å². The van der Waals surface area contributed by atoms with Crippen LogP contribution in [0.4, 0.5) is 10.5 Å². The van der Waals surface area contributed by atoms with E-state index in [1.165, 1.54) is 6.42 Å². The van der Waals surface area contributed by atoms with Crippen molar-refractivity contribution in [2.45, 2.75) is 19.3 Å². The molecule has 1 aliphatic heterocycles. The quantitative estimate of drug-likeness (QED) is 0.822. The molecule has 2 amide bonds. The molecule has 0 saturated carbocycles. The summed E-state index contributed by atoms with van der Waals surface area (Å²) in [6, 6.07) is 11.5. The summed E-state index contributed by atoms with van der Waals surface area (Å²) >= 11 is 6.19. The molecular weight excluding hydrogens is 272 g/mol. The van der Waals surface area contributed by atoms with Gasteiger partial charge in [0.05, 0.1) is 5.69 Å². The number of anilines is 1.